The summed E-state index contributed by atoms with van der Waals surface area (Å²) in [6.45, 7) is 4.34. The fraction of sp³-hybridized carbons (Fsp3) is 0.455. The Hall–Kier alpha value is -0.830. The Morgan fingerprint density at radius 3 is 2.57 bits per heavy atom. The number of aromatic hydroxyl groups is 2. The van der Waals surface area contributed by atoms with Crippen molar-refractivity contribution < 1.29 is 10.2 Å². The molecule has 0 bridgehead atoms. The van der Waals surface area contributed by atoms with E-state index in [4.69, 9.17) is 5.11 Å². The molecular weight excluding hydrogens is 196 g/mol. The second-order valence-electron chi connectivity index (χ2n) is 3.35. The molecule has 14 heavy (non-hydrogen) atoms. The van der Waals surface area contributed by atoms with Crippen molar-refractivity contribution in [1.82, 2.24) is 0 Å². The van der Waals surface area contributed by atoms with Crippen molar-refractivity contribution in [2.24, 2.45) is 0 Å². The molecule has 0 radical (unpaired) electrons. The van der Waals surface area contributed by atoms with Gasteiger partial charge in [-0.3, -0.25) is 0 Å². The number of thioether (sulfide) groups is 1. The summed E-state index contributed by atoms with van der Waals surface area (Å²) in [6.07, 6.45) is 1.15. The van der Waals surface area contributed by atoms with Gasteiger partial charge in [0.15, 0.2) is 11.5 Å². The average molecular weight is 212 g/mol. The van der Waals surface area contributed by atoms with Gasteiger partial charge in [-0.1, -0.05) is 19.9 Å². The molecule has 0 fully saturated rings. The smallest absolute Gasteiger partial charge is 0.157 e. The summed E-state index contributed by atoms with van der Waals surface area (Å²) >= 11 is 1.85. The Morgan fingerprint density at radius 1 is 1.29 bits per heavy atom. The molecule has 3 heteroatoms. The normalized spacial score (nSPS) is 12.7. The molecule has 1 rings (SSSR count). The monoisotopic (exact) mass is 212 g/mol. The minimum atomic E-state index is -0.0534. The van der Waals surface area contributed by atoms with E-state index in [1.54, 1.807) is 6.07 Å². The first-order chi connectivity index (χ1) is 6.63. The molecule has 0 spiro atoms. The Balaban J connectivity index is 2.55. The SMILES string of the molecule is CC[C@@H](C)SCc1ccc(O)c(O)c1. The van der Waals surface area contributed by atoms with Crippen molar-refractivity contribution in [3.8, 4) is 11.5 Å². The van der Waals surface area contributed by atoms with Crippen LogP contribution in [0.1, 0.15) is 25.8 Å². The first kappa shape index (κ1) is 11.2. The molecule has 0 aliphatic rings. The molecule has 0 aliphatic carbocycles. The van der Waals surface area contributed by atoms with Crippen LogP contribution in [0.5, 0.6) is 11.5 Å². The fourth-order valence-electron chi connectivity index (χ4n) is 1.02. The largest absolute Gasteiger partial charge is 0.504 e. The first-order valence-electron chi connectivity index (χ1n) is 4.76. The average Bonchev–Trinajstić information content (AvgIpc) is 2.19. The first-order valence-corrected chi connectivity index (χ1v) is 5.80. The van der Waals surface area contributed by atoms with Crippen LogP contribution in [0.25, 0.3) is 0 Å². The van der Waals surface area contributed by atoms with Crippen molar-refractivity contribution in [3.05, 3.63) is 23.8 Å². The summed E-state index contributed by atoms with van der Waals surface area (Å²) in [7, 11) is 0. The highest BCUT2D eigenvalue weighted by Crippen LogP contribution is 2.28. The van der Waals surface area contributed by atoms with E-state index in [0.29, 0.717) is 5.25 Å². The van der Waals surface area contributed by atoms with E-state index < -0.39 is 0 Å². The topological polar surface area (TPSA) is 40.5 Å². The molecule has 0 amide bonds. The zero-order chi connectivity index (χ0) is 10.6. The zero-order valence-electron chi connectivity index (χ0n) is 8.53. The molecule has 0 heterocycles. The molecule has 2 nitrogen and oxygen atoms in total. The van der Waals surface area contributed by atoms with Crippen LogP contribution >= 0.6 is 11.8 Å². The van der Waals surface area contributed by atoms with Crippen LogP contribution in [0, 0.1) is 0 Å². The standard InChI is InChI=1S/C11H16O2S/c1-3-8(2)14-7-9-4-5-10(12)11(13)6-9/h4-6,8,12-13H,3,7H2,1-2H3/t8-/m1/s1. The van der Waals surface area contributed by atoms with Crippen molar-refractivity contribution in [3.63, 3.8) is 0 Å². The van der Waals surface area contributed by atoms with Gasteiger partial charge in [0.05, 0.1) is 0 Å². The summed E-state index contributed by atoms with van der Waals surface area (Å²) in [5.74, 6) is 0.789. The van der Waals surface area contributed by atoms with Crippen LogP contribution in [-0.2, 0) is 5.75 Å². The highest BCUT2D eigenvalue weighted by molar-refractivity contribution is 7.99. The third kappa shape index (κ3) is 3.14. The highest BCUT2D eigenvalue weighted by Gasteiger charge is 2.03. The number of phenolic OH excluding ortho intramolecular Hbond substituents is 2. The molecule has 0 aliphatic heterocycles. The second kappa shape index (κ2) is 5.15. The van der Waals surface area contributed by atoms with Gasteiger partial charge in [0.25, 0.3) is 0 Å². The number of rotatable bonds is 4. The summed E-state index contributed by atoms with van der Waals surface area (Å²) in [6, 6.07) is 4.98. The van der Waals surface area contributed by atoms with Crippen LogP contribution < -0.4 is 0 Å². The van der Waals surface area contributed by atoms with Gasteiger partial charge in [-0.05, 0) is 24.1 Å². The van der Waals surface area contributed by atoms with E-state index in [9.17, 15) is 5.11 Å². The predicted octanol–water partition coefficient (Wildman–Crippen LogP) is 3.13. The highest BCUT2D eigenvalue weighted by atomic mass is 32.2. The molecule has 0 aromatic heterocycles. The molecule has 1 aromatic rings. The van der Waals surface area contributed by atoms with E-state index in [0.717, 1.165) is 17.7 Å². The quantitative estimate of drug-likeness (QED) is 0.753. The Morgan fingerprint density at radius 2 is 2.00 bits per heavy atom. The molecule has 0 saturated heterocycles. The number of hydrogen-bond acceptors (Lipinski definition) is 3. The van der Waals surface area contributed by atoms with Crippen LogP contribution in [0.15, 0.2) is 18.2 Å². The molecule has 0 saturated carbocycles. The Bertz CT molecular complexity index is 299. The predicted molar refractivity (Wildman–Crippen MR) is 60.8 cm³/mol. The van der Waals surface area contributed by atoms with Crippen molar-refractivity contribution in [1.29, 1.82) is 0 Å². The van der Waals surface area contributed by atoms with Crippen molar-refractivity contribution >= 4 is 11.8 Å². The maximum Gasteiger partial charge on any atom is 0.157 e. The van der Waals surface area contributed by atoms with Gasteiger partial charge in [0, 0.05) is 11.0 Å². The lowest BCUT2D eigenvalue weighted by atomic mass is 10.2. The minimum Gasteiger partial charge on any atom is -0.504 e. The number of hydrogen-bond donors (Lipinski definition) is 2. The van der Waals surface area contributed by atoms with E-state index in [-0.39, 0.29) is 11.5 Å². The van der Waals surface area contributed by atoms with Gasteiger partial charge in [-0.2, -0.15) is 11.8 Å². The third-order valence-electron chi connectivity index (χ3n) is 2.15. The van der Waals surface area contributed by atoms with Gasteiger partial charge in [-0.15, -0.1) is 0 Å². The van der Waals surface area contributed by atoms with Crippen LogP contribution in [0.3, 0.4) is 0 Å². The fourth-order valence-corrected chi connectivity index (χ4v) is 1.91. The van der Waals surface area contributed by atoms with Gasteiger partial charge >= 0.3 is 0 Å². The molecule has 1 aromatic carbocycles. The van der Waals surface area contributed by atoms with Gasteiger partial charge in [0.1, 0.15) is 0 Å². The van der Waals surface area contributed by atoms with Crippen molar-refractivity contribution in [2.45, 2.75) is 31.3 Å². The van der Waals surface area contributed by atoms with Gasteiger partial charge in [-0.25, -0.2) is 0 Å². The maximum atomic E-state index is 9.26. The minimum absolute atomic E-state index is 0.0350. The third-order valence-corrected chi connectivity index (χ3v) is 3.55. The van der Waals surface area contributed by atoms with Gasteiger partial charge < -0.3 is 10.2 Å². The lowest BCUT2D eigenvalue weighted by molar-refractivity contribution is 0.403. The lowest BCUT2D eigenvalue weighted by Crippen LogP contribution is -1.93. The van der Waals surface area contributed by atoms with E-state index in [1.165, 1.54) is 6.07 Å². The number of phenols is 2. The molecule has 0 unspecified atom stereocenters. The second-order valence-corrected chi connectivity index (χ2v) is 4.78. The van der Waals surface area contributed by atoms with Crippen LogP contribution in [-0.4, -0.2) is 15.5 Å². The van der Waals surface area contributed by atoms with E-state index in [2.05, 4.69) is 13.8 Å². The summed E-state index contributed by atoms with van der Waals surface area (Å²) in [5.41, 5.74) is 1.05. The zero-order valence-corrected chi connectivity index (χ0v) is 9.34. The van der Waals surface area contributed by atoms with E-state index in [1.807, 2.05) is 17.8 Å². The Kier molecular flexibility index (Phi) is 4.14. The maximum absolute atomic E-state index is 9.26. The Labute approximate surface area is 89.0 Å². The van der Waals surface area contributed by atoms with Crippen molar-refractivity contribution in [2.75, 3.05) is 0 Å². The van der Waals surface area contributed by atoms with Gasteiger partial charge in [0.2, 0.25) is 0 Å². The molecule has 1 atom stereocenters. The molecule has 2 N–H and O–H groups in total. The number of benzene rings is 1. The summed E-state index contributed by atoms with van der Waals surface area (Å²) < 4.78 is 0. The molecular formula is C11H16O2S. The lowest BCUT2D eigenvalue weighted by Gasteiger charge is -2.08. The van der Waals surface area contributed by atoms with E-state index >= 15 is 0 Å². The summed E-state index contributed by atoms with van der Waals surface area (Å²) in [5, 5.41) is 19.0. The summed E-state index contributed by atoms with van der Waals surface area (Å²) in [4.78, 5) is 0. The van der Waals surface area contributed by atoms with Crippen LogP contribution in [0.2, 0.25) is 0 Å². The van der Waals surface area contributed by atoms with Crippen LogP contribution in [0.4, 0.5) is 0 Å². The molecule has 78 valence electrons.